The molecule has 4 heterocycles. The van der Waals surface area contributed by atoms with Crippen LogP contribution in [0, 0.1) is 6.92 Å². The summed E-state index contributed by atoms with van der Waals surface area (Å²) in [6.45, 7) is 4.60. The van der Waals surface area contributed by atoms with Crippen LogP contribution in [0.5, 0.6) is 0 Å². The molecule has 2 amide bonds. The van der Waals surface area contributed by atoms with E-state index in [1.165, 1.54) is 11.3 Å². The molecule has 0 unspecified atom stereocenters. The number of hydrogen-bond acceptors (Lipinski definition) is 5. The Morgan fingerprint density at radius 2 is 2.08 bits per heavy atom. The number of rotatable bonds is 2. The standard InChI is InChI=1S/C17H22N2O4S/c1-11-4-7-24-16(11)17(21)18-8-13-14(9-18)23-10-15(20)19(13)12-2-5-22-6-3-12/h4,7,12-14H,2-3,5-6,8-10H2,1H3/t13-,14-/m0/s1. The van der Waals surface area contributed by atoms with Gasteiger partial charge in [-0.2, -0.15) is 0 Å². The molecule has 0 aliphatic carbocycles. The minimum Gasteiger partial charge on any atom is -0.381 e. The van der Waals surface area contributed by atoms with E-state index < -0.39 is 0 Å². The molecule has 1 aromatic rings. The SMILES string of the molecule is Cc1ccsc1C(=O)N1C[C@@H]2OCC(=O)N(C3CCOCC3)[C@H]2C1. The van der Waals surface area contributed by atoms with Crippen LogP contribution >= 0.6 is 11.3 Å². The molecule has 4 rings (SSSR count). The first-order valence-electron chi connectivity index (χ1n) is 8.49. The van der Waals surface area contributed by atoms with Gasteiger partial charge in [-0.3, -0.25) is 9.59 Å². The van der Waals surface area contributed by atoms with Crippen LogP contribution in [0.3, 0.4) is 0 Å². The highest BCUT2D eigenvalue weighted by molar-refractivity contribution is 7.12. The van der Waals surface area contributed by atoms with E-state index >= 15 is 0 Å². The van der Waals surface area contributed by atoms with Gasteiger partial charge in [-0.25, -0.2) is 0 Å². The predicted octanol–water partition coefficient (Wildman–Crippen LogP) is 1.29. The van der Waals surface area contributed by atoms with Crippen molar-refractivity contribution >= 4 is 23.2 Å². The van der Waals surface area contributed by atoms with Gasteiger partial charge in [0.25, 0.3) is 5.91 Å². The van der Waals surface area contributed by atoms with E-state index in [9.17, 15) is 9.59 Å². The third-order valence-electron chi connectivity index (χ3n) is 5.23. The number of aryl methyl sites for hydroxylation is 1. The molecule has 6 nitrogen and oxygen atoms in total. The number of fused-ring (bicyclic) bond motifs is 1. The van der Waals surface area contributed by atoms with Gasteiger partial charge >= 0.3 is 0 Å². The average molecular weight is 350 g/mol. The molecule has 0 spiro atoms. The van der Waals surface area contributed by atoms with E-state index in [1.54, 1.807) is 0 Å². The zero-order chi connectivity index (χ0) is 16.7. The lowest BCUT2D eigenvalue weighted by Gasteiger charge is -2.43. The molecule has 3 saturated heterocycles. The van der Waals surface area contributed by atoms with Crippen LogP contribution in [0.25, 0.3) is 0 Å². The Hall–Kier alpha value is -1.44. The molecule has 1 aromatic heterocycles. The minimum absolute atomic E-state index is 0.0291. The number of carbonyl (C=O) groups is 2. The number of carbonyl (C=O) groups excluding carboxylic acids is 2. The van der Waals surface area contributed by atoms with Gasteiger partial charge in [-0.05, 0) is 36.8 Å². The lowest BCUT2D eigenvalue weighted by molar-refractivity contribution is -0.159. The van der Waals surface area contributed by atoms with Gasteiger partial charge in [0.15, 0.2) is 0 Å². The molecule has 2 atom stereocenters. The second kappa shape index (κ2) is 6.46. The first kappa shape index (κ1) is 16.1. The maximum absolute atomic E-state index is 12.8. The Morgan fingerprint density at radius 3 is 2.79 bits per heavy atom. The summed E-state index contributed by atoms with van der Waals surface area (Å²) in [6, 6.07) is 2.15. The van der Waals surface area contributed by atoms with Gasteiger partial charge in [-0.1, -0.05) is 0 Å². The van der Waals surface area contributed by atoms with E-state index in [0.29, 0.717) is 26.3 Å². The van der Waals surface area contributed by atoms with Crippen molar-refractivity contribution in [3.8, 4) is 0 Å². The monoisotopic (exact) mass is 350 g/mol. The summed E-state index contributed by atoms with van der Waals surface area (Å²) < 4.78 is 11.2. The zero-order valence-electron chi connectivity index (χ0n) is 13.8. The van der Waals surface area contributed by atoms with Gasteiger partial charge in [0.05, 0.1) is 17.0 Å². The Labute approximate surface area is 145 Å². The van der Waals surface area contributed by atoms with Crippen molar-refractivity contribution in [2.24, 2.45) is 0 Å². The Bertz CT molecular complexity index is 640. The largest absolute Gasteiger partial charge is 0.381 e. The summed E-state index contributed by atoms with van der Waals surface area (Å²) in [5.41, 5.74) is 1.01. The minimum atomic E-state index is -0.0743. The van der Waals surface area contributed by atoms with Crippen molar-refractivity contribution < 1.29 is 19.1 Å². The number of nitrogens with zero attached hydrogens (tertiary/aromatic N) is 2. The smallest absolute Gasteiger partial charge is 0.264 e. The molecule has 24 heavy (non-hydrogen) atoms. The molecule has 7 heteroatoms. The molecule has 130 valence electrons. The van der Waals surface area contributed by atoms with Crippen LogP contribution in [-0.4, -0.2) is 72.7 Å². The molecule has 3 aliphatic heterocycles. The second-order valence-corrected chi connectivity index (χ2v) is 7.62. The molecule has 0 bridgehead atoms. The van der Waals surface area contributed by atoms with Gasteiger partial charge in [0.1, 0.15) is 6.61 Å². The van der Waals surface area contributed by atoms with Crippen LogP contribution in [-0.2, 0) is 14.3 Å². The predicted molar refractivity (Wildman–Crippen MR) is 89.2 cm³/mol. The highest BCUT2D eigenvalue weighted by Crippen LogP contribution is 2.30. The van der Waals surface area contributed by atoms with Gasteiger partial charge in [0.2, 0.25) is 5.91 Å². The molecule has 0 radical (unpaired) electrons. The second-order valence-electron chi connectivity index (χ2n) is 6.70. The fraction of sp³-hybridized carbons (Fsp3) is 0.647. The average Bonchev–Trinajstić information content (AvgIpc) is 3.21. The summed E-state index contributed by atoms with van der Waals surface area (Å²) in [5.74, 6) is 0.102. The zero-order valence-corrected chi connectivity index (χ0v) is 14.6. The van der Waals surface area contributed by atoms with E-state index in [-0.39, 0.29) is 36.6 Å². The van der Waals surface area contributed by atoms with E-state index in [4.69, 9.17) is 9.47 Å². The summed E-state index contributed by atoms with van der Waals surface area (Å²) in [5, 5.41) is 1.94. The van der Waals surface area contributed by atoms with Gasteiger partial charge < -0.3 is 19.3 Å². The van der Waals surface area contributed by atoms with Crippen LogP contribution < -0.4 is 0 Å². The number of ether oxygens (including phenoxy) is 2. The maximum Gasteiger partial charge on any atom is 0.264 e. The Balaban J connectivity index is 1.52. The fourth-order valence-electron chi connectivity index (χ4n) is 3.96. The lowest BCUT2D eigenvalue weighted by atomic mass is 10.0. The van der Waals surface area contributed by atoms with Crippen molar-refractivity contribution in [1.82, 2.24) is 9.80 Å². The number of hydrogen-bond donors (Lipinski definition) is 0. The molecule has 3 aliphatic rings. The van der Waals surface area contributed by atoms with Crippen LogP contribution in [0.2, 0.25) is 0 Å². The summed E-state index contributed by atoms with van der Waals surface area (Å²) >= 11 is 1.48. The van der Waals surface area contributed by atoms with Crippen molar-refractivity contribution in [3.05, 3.63) is 21.9 Å². The Kier molecular flexibility index (Phi) is 4.32. The summed E-state index contributed by atoms with van der Waals surface area (Å²) in [7, 11) is 0. The normalized spacial score (nSPS) is 28.3. The van der Waals surface area contributed by atoms with Gasteiger partial charge in [-0.15, -0.1) is 11.3 Å². The van der Waals surface area contributed by atoms with Crippen molar-refractivity contribution in [1.29, 1.82) is 0 Å². The highest BCUT2D eigenvalue weighted by Gasteiger charge is 2.47. The maximum atomic E-state index is 12.8. The molecular weight excluding hydrogens is 328 g/mol. The molecule has 0 N–H and O–H groups in total. The molecule has 0 aromatic carbocycles. The Morgan fingerprint density at radius 1 is 1.29 bits per heavy atom. The van der Waals surface area contributed by atoms with Crippen LogP contribution in [0.4, 0.5) is 0 Å². The van der Waals surface area contributed by atoms with Crippen LogP contribution in [0.15, 0.2) is 11.4 Å². The van der Waals surface area contributed by atoms with Crippen molar-refractivity contribution in [2.75, 3.05) is 32.9 Å². The first-order valence-corrected chi connectivity index (χ1v) is 9.37. The number of morpholine rings is 1. The summed E-state index contributed by atoms with van der Waals surface area (Å²) in [4.78, 5) is 29.9. The topological polar surface area (TPSA) is 59.1 Å². The third kappa shape index (κ3) is 2.74. The van der Waals surface area contributed by atoms with Crippen LogP contribution in [0.1, 0.15) is 28.1 Å². The van der Waals surface area contributed by atoms with E-state index in [0.717, 1.165) is 23.3 Å². The molecular formula is C17H22N2O4S. The summed E-state index contributed by atoms with van der Waals surface area (Å²) in [6.07, 6.45) is 1.66. The molecule has 0 saturated carbocycles. The number of likely N-dealkylation sites (tertiary alicyclic amines) is 1. The number of thiophene rings is 1. The highest BCUT2D eigenvalue weighted by atomic mass is 32.1. The molecule has 3 fully saturated rings. The van der Waals surface area contributed by atoms with E-state index in [2.05, 4.69) is 0 Å². The number of amides is 2. The quantitative estimate of drug-likeness (QED) is 0.806. The van der Waals surface area contributed by atoms with Crippen molar-refractivity contribution in [2.45, 2.75) is 38.0 Å². The van der Waals surface area contributed by atoms with E-state index in [1.807, 2.05) is 28.2 Å². The lowest BCUT2D eigenvalue weighted by Crippen LogP contribution is -2.58. The van der Waals surface area contributed by atoms with Crippen molar-refractivity contribution in [3.63, 3.8) is 0 Å². The van der Waals surface area contributed by atoms with Gasteiger partial charge in [0, 0.05) is 32.3 Å². The fourth-order valence-corrected chi connectivity index (χ4v) is 4.86. The first-order chi connectivity index (χ1) is 11.6. The third-order valence-corrected chi connectivity index (χ3v) is 6.24.